The first kappa shape index (κ1) is 8.73. The molecule has 0 amide bonds. The Bertz CT molecular complexity index is 663. The summed E-state index contributed by atoms with van der Waals surface area (Å²) in [7, 11) is -3.34. The van der Waals surface area contributed by atoms with Crippen LogP contribution in [0, 0.1) is 0 Å². The standard InChI is InChI=1S/C5H3N5O3S2/c6-3-2-4-7-1-10(2)14-15(11,12)13-5(8-3)9-4/h1H,(H2,6,8,9). The van der Waals surface area contributed by atoms with Crippen LogP contribution in [0.4, 0.5) is 5.82 Å². The van der Waals surface area contributed by atoms with Crippen molar-refractivity contribution >= 4 is 37.1 Å². The fourth-order valence-corrected chi connectivity index (χ4v) is 3.23. The lowest BCUT2D eigenvalue weighted by Crippen LogP contribution is -2.13. The lowest BCUT2D eigenvalue weighted by Gasteiger charge is -2.09. The van der Waals surface area contributed by atoms with Gasteiger partial charge in [-0.05, 0) is 0 Å². The molecule has 0 atom stereocenters. The fraction of sp³-hybridized carbons (Fsp3) is 0. The summed E-state index contributed by atoms with van der Waals surface area (Å²) in [4.78, 5) is 11.4. The van der Waals surface area contributed by atoms with Gasteiger partial charge < -0.3 is 9.92 Å². The van der Waals surface area contributed by atoms with Crippen LogP contribution in [0.5, 0.6) is 6.01 Å². The maximum atomic E-state index is 11.3. The van der Waals surface area contributed by atoms with E-state index in [4.69, 9.17) is 5.73 Å². The first-order chi connectivity index (χ1) is 7.05. The Labute approximate surface area is 87.1 Å². The zero-order valence-electron chi connectivity index (χ0n) is 6.98. The molecule has 0 unspecified atom stereocenters. The third-order valence-electron chi connectivity index (χ3n) is 1.73. The molecule has 0 aromatic carbocycles. The quantitative estimate of drug-likeness (QED) is 0.620. The van der Waals surface area contributed by atoms with Crippen LogP contribution in [-0.2, 0) is 9.15 Å². The molecule has 78 valence electrons. The third-order valence-corrected chi connectivity index (χ3v) is 3.93. The molecule has 10 heteroatoms. The number of fused-ring (bicyclic) bond motifs is 3. The molecule has 15 heavy (non-hydrogen) atoms. The summed E-state index contributed by atoms with van der Waals surface area (Å²) in [6, 6.07) is -0.308. The van der Waals surface area contributed by atoms with Gasteiger partial charge in [0.2, 0.25) is 0 Å². The molecule has 4 rings (SSSR count). The molecular weight excluding hydrogens is 242 g/mol. The highest BCUT2D eigenvalue weighted by Gasteiger charge is 2.25. The van der Waals surface area contributed by atoms with Crippen molar-refractivity contribution in [1.29, 1.82) is 0 Å². The van der Waals surface area contributed by atoms with E-state index in [1.54, 1.807) is 0 Å². The first-order valence-corrected chi connectivity index (χ1v) is 6.40. The van der Waals surface area contributed by atoms with Crippen LogP contribution in [0.15, 0.2) is 6.33 Å². The number of nitrogens with two attached hydrogens (primary N) is 1. The van der Waals surface area contributed by atoms with Crippen molar-refractivity contribution in [2.45, 2.75) is 0 Å². The van der Waals surface area contributed by atoms with Crippen molar-refractivity contribution in [2.75, 3.05) is 5.73 Å². The number of nitrogen functional groups attached to an aromatic ring is 1. The summed E-state index contributed by atoms with van der Waals surface area (Å²) in [5.74, 6) is 0.134. The van der Waals surface area contributed by atoms with Gasteiger partial charge in [0.1, 0.15) is 22.8 Å². The second-order valence-electron chi connectivity index (χ2n) is 2.70. The van der Waals surface area contributed by atoms with Gasteiger partial charge in [-0.25, -0.2) is 4.98 Å². The number of rotatable bonds is 0. The highest BCUT2D eigenvalue weighted by atomic mass is 33.2. The van der Waals surface area contributed by atoms with Gasteiger partial charge in [0.15, 0.2) is 11.5 Å². The van der Waals surface area contributed by atoms with Crippen LogP contribution in [0.1, 0.15) is 0 Å². The maximum Gasteiger partial charge on any atom is 0.389 e. The Kier molecular flexibility index (Phi) is 1.47. The minimum absolute atomic E-state index is 0.134. The zero-order valence-corrected chi connectivity index (χ0v) is 8.62. The number of hydrogen-bond acceptors (Lipinski definition) is 8. The van der Waals surface area contributed by atoms with Gasteiger partial charge in [0, 0.05) is 0 Å². The number of hydrogen-bond donors (Lipinski definition) is 1. The van der Waals surface area contributed by atoms with Crippen molar-refractivity contribution in [3.8, 4) is 6.01 Å². The van der Waals surface area contributed by atoms with Gasteiger partial charge >= 0.3 is 15.2 Å². The van der Waals surface area contributed by atoms with E-state index < -0.39 is 9.15 Å². The van der Waals surface area contributed by atoms with Crippen LogP contribution < -0.4 is 9.92 Å². The number of anilines is 1. The van der Waals surface area contributed by atoms with E-state index in [0.29, 0.717) is 22.1 Å². The second-order valence-corrected chi connectivity index (χ2v) is 5.90. The normalized spacial score (nSPS) is 17.6. The molecule has 0 spiro atoms. The molecule has 4 bridgehead atoms. The van der Waals surface area contributed by atoms with Crippen LogP contribution >= 0.6 is 11.0 Å². The highest BCUT2D eigenvalue weighted by Crippen LogP contribution is 2.30. The van der Waals surface area contributed by atoms with Crippen LogP contribution in [0.3, 0.4) is 0 Å². The van der Waals surface area contributed by atoms with Crippen LogP contribution in [0.2, 0.25) is 0 Å². The number of imidazole rings is 1. The maximum absolute atomic E-state index is 11.3. The summed E-state index contributed by atoms with van der Waals surface area (Å²) >= 11 is 0. The van der Waals surface area contributed by atoms with E-state index in [1.165, 1.54) is 10.3 Å². The van der Waals surface area contributed by atoms with Crippen molar-refractivity contribution in [3.63, 3.8) is 0 Å². The molecule has 0 saturated heterocycles. The Balaban J connectivity index is 2.49. The second kappa shape index (κ2) is 2.52. The molecule has 8 nitrogen and oxygen atoms in total. The van der Waals surface area contributed by atoms with Gasteiger partial charge in [0.05, 0.1) is 0 Å². The third kappa shape index (κ3) is 1.22. The Morgan fingerprint density at radius 3 is 3.07 bits per heavy atom. The lowest BCUT2D eigenvalue weighted by molar-refractivity contribution is 0.482. The van der Waals surface area contributed by atoms with Gasteiger partial charge in [-0.2, -0.15) is 18.4 Å². The summed E-state index contributed by atoms with van der Waals surface area (Å²) in [5.41, 5.74) is 6.28. The SMILES string of the molecule is Nc1nc2nc3ncn(c13)SS(=O)(=O)O2. The summed E-state index contributed by atoms with van der Waals surface area (Å²) < 4.78 is 28.5. The molecule has 2 N–H and O–H groups in total. The van der Waals surface area contributed by atoms with E-state index in [-0.39, 0.29) is 11.8 Å². The smallest absolute Gasteiger partial charge is 0.382 e. The van der Waals surface area contributed by atoms with Crippen molar-refractivity contribution < 1.29 is 12.6 Å². The monoisotopic (exact) mass is 245 g/mol. The fourth-order valence-electron chi connectivity index (χ4n) is 1.20. The van der Waals surface area contributed by atoms with E-state index in [2.05, 4.69) is 19.1 Å². The summed E-state index contributed by atoms with van der Waals surface area (Å²) in [5, 5.41) is 0. The molecule has 2 aliphatic rings. The molecule has 4 heterocycles. The number of nitrogens with zero attached hydrogens (tertiary/aromatic N) is 4. The predicted octanol–water partition coefficient (Wildman–Crippen LogP) is -0.458. The van der Waals surface area contributed by atoms with E-state index >= 15 is 0 Å². The van der Waals surface area contributed by atoms with E-state index in [1.807, 2.05) is 0 Å². The molecule has 2 aliphatic heterocycles. The van der Waals surface area contributed by atoms with E-state index in [9.17, 15) is 8.42 Å². The largest absolute Gasteiger partial charge is 0.389 e. The summed E-state index contributed by atoms with van der Waals surface area (Å²) in [6.45, 7) is 0. The average molecular weight is 245 g/mol. The van der Waals surface area contributed by atoms with Gasteiger partial charge in [0.25, 0.3) is 0 Å². The van der Waals surface area contributed by atoms with Crippen molar-refractivity contribution in [1.82, 2.24) is 18.9 Å². The van der Waals surface area contributed by atoms with Gasteiger partial charge in [-0.15, -0.1) is 0 Å². The molecule has 0 aliphatic carbocycles. The summed E-state index contributed by atoms with van der Waals surface area (Å²) in [6.07, 6.45) is 1.30. The van der Waals surface area contributed by atoms with Gasteiger partial charge in [-0.1, -0.05) is 0 Å². The molecule has 0 saturated carbocycles. The highest BCUT2D eigenvalue weighted by molar-refractivity contribution is 8.69. The molecule has 2 aromatic heterocycles. The van der Waals surface area contributed by atoms with Gasteiger partial charge in [-0.3, -0.25) is 3.97 Å². The van der Waals surface area contributed by atoms with Crippen LogP contribution in [0.25, 0.3) is 11.2 Å². The Hall–Kier alpha value is -1.55. The minimum Gasteiger partial charge on any atom is -0.382 e. The Morgan fingerprint density at radius 1 is 1.47 bits per heavy atom. The zero-order chi connectivity index (χ0) is 10.6. The van der Waals surface area contributed by atoms with E-state index in [0.717, 1.165) is 0 Å². The molecule has 0 radical (unpaired) electrons. The molecule has 2 aromatic rings. The van der Waals surface area contributed by atoms with Crippen LogP contribution in [-0.4, -0.2) is 27.3 Å². The minimum atomic E-state index is -3.81. The van der Waals surface area contributed by atoms with Crippen molar-refractivity contribution in [2.24, 2.45) is 0 Å². The topological polar surface area (TPSA) is 113 Å². The predicted molar refractivity (Wildman–Crippen MR) is 52.3 cm³/mol. The number of aromatic nitrogens is 4. The molecular formula is C5H3N5O3S2. The average Bonchev–Trinajstić information content (AvgIpc) is 2.45. The lowest BCUT2D eigenvalue weighted by atomic mass is 10.5. The molecule has 0 fully saturated rings. The first-order valence-electron chi connectivity index (χ1n) is 3.70. The Morgan fingerprint density at radius 2 is 2.27 bits per heavy atom. The van der Waals surface area contributed by atoms with Crippen molar-refractivity contribution in [3.05, 3.63) is 6.33 Å².